The molecular weight excluding hydrogens is 292 g/mol. The van der Waals surface area contributed by atoms with Gasteiger partial charge in [-0.05, 0) is 30.5 Å². The topological polar surface area (TPSA) is 73.6 Å². The Balaban J connectivity index is 1.81. The molecule has 1 N–H and O–H groups in total. The van der Waals surface area contributed by atoms with Crippen LogP contribution in [0.15, 0.2) is 24.3 Å². The third-order valence-electron chi connectivity index (χ3n) is 4.91. The molecule has 0 radical (unpaired) electrons. The molecule has 5 nitrogen and oxygen atoms in total. The summed E-state index contributed by atoms with van der Waals surface area (Å²) in [5.41, 5.74) is 1.46. The number of carbonyl (C=O) groups excluding carboxylic acids is 1. The van der Waals surface area contributed by atoms with Crippen LogP contribution in [0.3, 0.4) is 0 Å². The Labute approximate surface area is 136 Å². The van der Waals surface area contributed by atoms with Crippen LogP contribution in [0.2, 0.25) is 0 Å². The molecular formula is C18H22N2O3. The molecule has 1 saturated heterocycles. The smallest absolute Gasteiger partial charge is 0.254 e. The molecule has 1 aromatic rings. The van der Waals surface area contributed by atoms with Gasteiger partial charge in [0.2, 0.25) is 0 Å². The first-order valence-corrected chi connectivity index (χ1v) is 8.23. The average molecular weight is 314 g/mol. The van der Waals surface area contributed by atoms with Crippen molar-refractivity contribution in [2.45, 2.75) is 37.8 Å². The summed E-state index contributed by atoms with van der Waals surface area (Å²) in [6, 6.07) is 9.31. The molecule has 1 saturated carbocycles. The van der Waals surface area contributed by atoms with E-state index in [9.17, 15) is 9.90 Å². The Morgan fingerprint density at radius 3 is 3.04 bits per heavy atom. The molecule has 122 valence electrons. The van der Waals surface area contributed by atoms with Crippen molar-refractivity contribution in [3.8, 4) is 6.07 Å². The first-order chi connectivity index (χ1) is 11.2. The van der Waals surface area contributed by atoms with Crippen LogP contribution in [-0.4, -0.2) is 47.8 Å². The van der Waals surface area contributed by atoms with Crippen LogP contribution in [-0.2, 0) is 11.2 Å². The van der Waals surface area contributed by atoms with E-state index in [1.165, 1.54) is 0 Å². The molecule has 1 aliphatic carbocycles. The highest BCUT2D eigenvalue weighted by Crippen LogP contribution is 2.32. The highest BCUT2D eigenvalue weighted by Gasteiger charge is 2.39. The van der Waals surface area contributed by atoms with Gasteiger partial charge in [-0.15, -0.1) is 0 Å². The van der Waals surface area contributed by atoms with Crippen molar-refractivity contribution in [1.82, 2.24) is 4.90 Å². The van der Waals surface area contributed by atoms with E-state index in [1.54, 1.807) is 12.1 Å². The van der Waals surface area contributed by atoms with Crippen molar-refractivity contribution in [3.05, 3.63) is 35.4 Å². The Morgan fingerprint density at radius 1 is 1.43 bits per heavy atom. The summed E-state index contributed by atoms with van der Waals surface area (Å²) in [4.78, 5) is 14.8. The summed E-state index contributed by atoms with van der Waals surface area (Å²) in [5, 5.41) is 19.0. The first-order valence-electron chi connectivity index (χ1n) is 8.23. The van der Waals surface area contributed by atoms with Crippen LogP contribution in [0.1, 0.15) is 35.2 Å². The number of carbonyl (C=O) groups is 1. The number of aliphatic hydroxyl groups is 1. The van der Waals surface area contributed by atoms with E-state index >= 15 is 0 Å². The molecule has 0 spiro atoms. The average Bonchev–Trinajstić information content (AvgIpc) is 3.01. The van der Waals surface area contributed by atoms with Crippen LogP contribution < -0.4 is 0 Å². The van der Waals surface area contributed by atoms with Gasteiger partial charge in [-0.2, -0.15) is 5.26 Å². The quantitative estimate of drug-likeness (QED) is 0.922. The number of rotatable bonds is 3. The number of hydrogen-bond donors (Lipinski definition) is 1. The van der Waals surface area contributed by atoms with E-state index < -0.39 is 0 Å². The van der Waals surface area contributed by atoms with Gasteiger partial charge in [0.1, 0.15) is 0 Å². The van der Waals surface area contributed by atoms with Crippen molar-refractivity contribution in [3.63, 3.8) is 0 Å². The minimum absolute atomic E-state index is 0.0304. The lowest BCUT2D eigenvalue weighted by atomic mass is 9.93. The van der Waals surface area contributed by atoms with Crippen LogP contribution in [0, 0.1) is 17.2 Å². The van der Waals surface area contributed by atoms with Gasteiger partial charge in [0.25, 0.3) is 5.91 Å². The Bertz CT molecular complexity index is 611. The third-order valence-corrected chi connectivity index (χ3v) is 4.91. The zero-order chi connectivity index (χ0) is 16.2. The number of ether oxygens (including phenoxy) is 1. The summed E-state index contributed by atoms with van der Waals surface area (Å²) >= 11 is 0. The third kappa shape index (κ3) is 3.39. The number of hydrogen-bond acceptors (Lipinski definition) is 4. The van der Waals surface area contributed by atoms with Gasteiger partial charge in [0, 0.05) is 18.0 Å². The monoisotopic (exact) mass is 314 g/mol. The minimum atomic E-state index is -0.345. The maximum Gasteiger partial charge on any atom is 0.254 e. The molecule has 1 aliphatic heterocycles. The lowest BCUT2D eigenvalue weighted by Crippen LogP contribution is -2.53. The molecule has 3 atom stereocenters. The van der Waals surface area contributed by atoms with E-state index in [0.29, 0.717) is 31.7 Å². The predicted molar refractivity (Wildman–Crippen MR) is 84.8 cm³/mol. The van der Waals surface area contributed by atoms with Gasteiger partial charge in [-0.25, -0.2) is 0 Å². The van der Waals surface area contributed by atoms with Crippen molar-refractivity contribution >= 4 is 5.91 Å². The van der Waals surface area contributed by atoms with E-state index in [-0.39, 0.29) is 24.0 Å². The van der Waals surface area contributed by atoms with E-state index in [2.05, 4.69) is 6.07 Å². The molecule has 3 unspecified atom stereocenters. The fourth-order valence-corrected chi connectivity index (χ4v) is 3.72. The second kappa shape index (κ2) is 7.12. The molecule has 3 rings (SSSR count). The number of amides is 1. The Kier molecular flexibility index (Phi) is 4.94. The van der Waals surface area contributed by atoms with Gasteiger partial charge in [0.15, 0.2) is 0 Å². The molecule has 0 aromatic heterocycles. The standard InChI is InChI=1S/C18H22N2O3/c19-8-7-13-3-1-4-14(11-13)18(22)20-9-10-23-12-16(20)15-5-2-6-17(15)21/h1,3-4,11,15-17,21H,2,5-7,9-10,12H2. The van der Waals surface area contributed by atoms with E-state index in [0.717, 1.165) is 24.8 Å². The van der Waals surface area contributed by atoms with Gasteiger partial charge in [-0.3, -0.25) is 4.79 Å². The van der Waals surface area contributed by atoms with Gasteiger partial charge in [0.05, 0.1) is 37.8 Å². The molecule has 2 aliphatic rings. The SMILES string of the molecule is N#CCc1cccc(C(=O)N2CCOCC2C2CCCC2O)c1. The molecule has 0 bridgehead atoms. The molecule has 1 heterocycles. The van der Waals surface area contributed by atoms with Crippen LogP contribution in [0.25, 0.3) is 0 Å². The normalized spacial score (nSPS) is 27.7. The lowest BCUT2D eigenvalue weighted by Gasteiger charge is -2.40. The predicted octanol–water partition coefficient (Wildman–Crippen LogP) is 1.75. The molecule has 1 aromatic carbocycles. The number of benzene rings is 1. The number of nitrogens with zero attached hydrogens (tertiary/aromatic N) is 2. The fraction of sp³-hybridized carbons (Fsp3) is 0.556. The van der Waals surface area contributed by atoms with Crippen molar-refractivity contribution in [2.75, 3.05) is 19.8 Å². The van der Waals surface area contributed by atoms with Crippen LogP contribution in [0.5, 0.6) is 0 Å². The Morgan fingerprint density at radius 2 is 2.30 bits per heavy atom. The number of nitriles is 1. The minimum Gasteiger partial charge on any atom is -0.393 e. The molecule has 2 fully saturated rings. The maximum atomic E-state index is 12.9. The zero-order valence-electron chi connectivity index (χ0n) is 13.1. The van der Waals surface area contributed by atoms with Crippen LogP contribution in [0.4, 0.5) is 0 Å². The second-order valence-electron chi connectivity index (χ2n) is 6.34. The molecule has 1 amide bonds. The van der Waals surface area contributed by atoms with E-state index in [1.807, 2.05) is 17.0 Å². The van der Waals surface area contributed by atoms with Crippen LogP contribution >= 0.6 is 0 Å². The van der Waals surface area contributed by atoms with Gasteiger partial charge < -0.3 is 14.7 Å². The maximum absolute atomic E-state index is 12.9. The summed E-state index contributed by atoms with van der Waals surface area (Å²) in [5.74, 6) is 0.0683. The number of aliphatic hydroxyl groups excluding tert-OH is 1. The molecule has 5 heteroatoms. The summed E-state index contributed by atoms with van der Waals surface area (Å²) in [7, 11) is 0. The molecule has 23 heavy (non-hydrogen) atoms. The van der Waals surface area contributed by atoms with E-state index in [4.69, 9.17) is 10.00 Å². The van der Waals surface area contributed by atoms with Crippen molar-refractivity contribution < 1.29 is 14.6 Å². The summed E-state index contributed by atoms with van der Waals surface area (Å²) in [6.45, 7) is 1.57. The lowest BCUT2D eigenvalue weighted by molar-refractivity contribution is -0.0383. The number of morpholine rings is 1. The second-order valence-corrected chi connectivity index (χ2v) is 6.34. The first kappa shape index (κ1) is 16.0. The zero-order valence-corrected chi connectivity index (χ0v) is 13.1. The summed E-state index contributed by atoms with van der Waals surface area (Å²) in [6.07, 6.45) is 2.70. The summed E-state index contributed by atoms with van der Waals surface area (Å²) < 4.78 is 5.57. The van der Waals surface area contributed by atoms with Crippen molar-refractivity contribution in [1.29, 1.82) is 5.26 Å². The largest absolute Gasteiger partial charge is 0.393 e. The van der Waals surface area contributed by atoms with Gasteiger partial charge in [-0.1, -0.05) is 18.6 Å². The fourth-order valence-electron chi connectivity index (χ4n) is 3.72. The highest BCUT2D eigenvalue weighted by molar-refractivity contribution is 5.94. The Hall–Kier alpha value is -1.90. The van der Waals surface area contributed by atoms with Crippen molar-refractivity contribution in [2.24, 2.45) is 5.92 Å². The van der Waals surface area contributed by atoms with Gasteiger partial charge >= 0.3 is 0 Å². The highest BCUT2D eigenvalue weighted by atomic mass is 16.5.